The van der Waals surface area contributed by atoms with Crippen LogP contribution in [-0.2, 0) is 16.0 Å². The minimum atomic E-state index is -0.187. The van der Waals surface area contributed by atoms with E-state index in [0.29, 0.717) is 6.54 Å². The summed E-state index contributed by atoms with van der Waals surface area (Å²) in [6.07, 6.45) is 0.895. The molecule has 6 nitrogen and oxygen atoms in total. The molecular formula is C24H34N4O2+2. The Morgan fingerprint density at radius 1 is 0.967 bits per heavy atom. The molecule has 1 heterocycles. The van der Waals surface area contributed by atoms with Gasteiger partial charge in [-0.3, -0.25) is 9.59 Å². The van der Waals surface area contributed by atoms with Gasteiger partial charge in [-0.2, -0.15) is 0 Å². The Labute approximate surface area is 179 Å². The largest absolute Gasteiger partial charge is 0.343 e. The van der Waals surface area contributed by atoms with Crippen molar-refractivity contribution in [1.29, 1.82) is 0 Å². The van der Waals surface area contributed by atoms with Gasteiger partial charge >= 0.3 is 0 Å². The second kappa shape index (κ2) is 10.4. The highest BCUT2D eigenvalue weighted by molar-refractivity contribution is 5.92. The molecule has 30 heavy (non-hydrogen) atoms. The molecule has 0 aliphatic carbocycles. The topological polar surface area (TPSA) is 58.3 Å². The number of carbonyl (C=O) groups is 2. The number of likely N-dealkylation sites (N-methyl/N-ethyl adjacent to an activating group) is 1. The standard InChI is InChI=1S/C24H32N4O2/c1-4-19-10-8-9-13-21(19)25-22(29)18-27-14-16-28(17-15-27)23(24(30)26(2)3)20-11-6-5-7-12-20/h5-13,23H,4,14-18H2,1-3H3,(H,25,29)/p+2/t23-/m1/s1. The summed E-state index contributed by atoms with van der Waals surface area (Å²) < 4.78 is 0. The first kappa shape index (κ1) is 22.0. The van der Waals surface area contributed by atoms with E-state index in [1.54, 1.807) is 4.90 Å². The van der Waals surface area contributed by atoms with Gasteiger partial charge in [0.05, 0.1) is 0 Å². The lowest BCUT2D eigenvalue weighted by atomic mass is 10.0. The Balaban J connectivity index is 1.59. The molecule has 0 bridgehead atoms. The first-order valence-electron chi connectivity index (χ1n) is 10.8. The van der Waals surface area contributed by atoms with Gasteiger partial charge in [-0.25, -0.2) is 0 Å². The van der Waals surface area contributed by atoms with Gasteiger partial charge in [0, 0.05) is 25.3 Å². The van der Waals surface area contributed by atoms with E-state index < -0.39 is 0 Å². The molecule has 0 saturated carbocycles. The molecule has 1 aliphatic heterocycles. The monoisotopic (exact) mass is 410 g/mol. The van der Waals surface area contributed by atoms with E-state index in [1.165, 1.54) is 9.80 Å². The average Bonchev–Trinajstić information content (AvgIpc) is 2.76. The van der Waals surface area contributed by atoms with Crippen molar-refractivity contribution >= 4 is 17.5 Å². The van der Waals surface area contributed by atoms with Crippen LogP contribution in [0.1, 0.15) is 24.1 Å². The molecule has 2 aromatic carbocycles. The van der Waals surface area contributed by atoms with Gasteiger partial charge in [-0.05, 0) is 18.1 Å². The van der Waals surface area contributed by atoms with Crippen LogP contribution in [0.15, 0.2) is 54.6 Å². The van der Waals surface area contributed by atoms with Gasteiger partial charge in [0.1, 0.15) is 26.2 Å². The van der Waals surface area contributed by atoms with Crippen LogP contribution in [0.2, 0.25) is 0 Å². The van der Waals surface area contributed by atoms with Crippen LogP contribution in [0.25, 0.3) is 0 Å². The molecule has 1 aliphatic rings. The fraction of sp³-hybridized carbons (Fsp3) is 0.417. The van der Waals surface area contributed by atoms with Crippen LogP contribution in [0.5, 0.6) is 0 Å². The number of aryl methyl sites for hydroxylation is 1. The van der Waals surface area contributed by atoms with Crippen LogP contribution in [-0.4, -0.2) is 63.5 Å². The van der Waals surface area contributed by atoms with Crippen LogP contribution in [0.4, 0.5) is 5.69 Å². The first-order valence-corrected chi connectivity index (χ1v) is 10.8. The predicted molar refractivity (Wildman–Crippen MR) is 119 cm³/mol. The molecule has 3 rings (SSSR count). The van der Waals surface area contributed by atoms with Crippen molar-refractivity contribution < 1.29 is 19.4 Å². The summed E-state index contributed by atoms with van der Waals surface area (Å²) in [5.41, 5.74) is 3.13. The second-order valence-electron chi connectivity index (χ2n) is 8.22. The first-order chi connectivity index (χ1) is 14.5. The van der Waals surface area contributed by atoms with Crippen molar-refractivity contribution in [3.63, 3.8) is 0 Å². The number of para-hydroxylation sites is 1. The second-order valence-corrected chi connectivity index (χ2v) is 8.22. The Kier molecular flexibility index (Phi) is 7.60. The van der Waals surface area contributed by atoms with Gasteiger partial charge in [0.2, 0.25) is 0 Å². The van der Waals surface area contributed by atoms with Gasteiger partial charge in [0.15, 0.2) is 12.6 Å². The summed E-state index contributed by atoms with van der Waals surface area (Å²) in [5.74, 6) is 0.187. The summed E-state index contributed by atoms with van der Waals surface area (Å²) in [5, 5.41) is 3.07. The van der Waals surface area contributed by atoms with Gasteiger partial charge in [-0.15, -0.1) is 0 Å². The van der Waals surface area contributed by atoms with E-state index in [-0.39, 0.29) is 17.9 Å². The maximum absolute atomic E-state index is 12.9. The van der Waals surface area contributed by atoms with Crippen LogP contribution >= 0.6 is 0 Å². The minimum Gasteiger partial charge on any atom is -0.343 e. The molecule has 0 unspecified atom stereocenters. The highest BCUT2D eigenvalue weighted by atomic mass is 16.2. The van der Waals surface area contributed by atoms with E-state index in [1.807, 2.05) is 62.6 Å². The zero-order valence-electron chi connectivity index (χ0n) is 18.3. The molecule has 1 fully saturated rings. The average molecular weight is 411 g/mol. The minimum absolute atomic E-state index is 0.0540. The van der Waals surface area contributed by atoms with Gasteiger partial charge < -0.3 is 20.0 Å². The van der Waals surface area contributed by atoms with Crippen molar-refractivity contribution in [1.82, 2.24) is 4.90 Å². The molecule has 2 amide bonds. The van der Waals surface area contributed by atoms with Crippen molar-refractivity contribution in [3.8, 4) is 0 Å². The van der Waals surface area contributed by atoms with Crippen LogP contribution in [0.3, 0.4) is 0 Å². The molecule has 1 saturated heterocycles. The summed E-state index contributed by atoms with van der Waals surface area (Å²) in [7, 11) is 3.63. The fourth-order valence-corrected chi connectivity index (χ4v) is 4.22. The maximum atomic E-state index is 12.9. The zero-order chi connectivity index (χ0) is 21.5. The number of nitrogens with one attached hydrogen (secondary N) is 3. The summed E-state index contributed by atoms with van der Waals surface area (Å²) in [4.78, 5) is 29.7. The number of anilines is 1. The smallest absolute Gasteiger partial charge is 0.285 e. The van der Waals surface area contributed by atoms with Crippen LogP contribution < -0.4 is 15.1 Å². The Hall–Kier alpha value is -2.70. The van der Waals surface area contributed by atoms with E-state index in [0.717, 1.165) is 49.4 Å². The van der Waals surface area contributed by atoms with Crippen LogP contribution in [0, 0.1) is 0 Å². The van der Waals surface area contributed by atoms with Gasteiger partial charge in [-0.1, -0.05) is 55.5 Å². The lowest BCUT2D eigenvalue weighted by molar-refractivity contribution is -1.02. The van der Waals surface area contributed by atoms with E-state index in [2.05, 4.69) is 18.3 Å². The Bertz CT molecular complexity index is 845. The lowest BCUT2D eigenvalue weighted by Gasteiger charge is -2.34. The van der Waals surface area contributed by atoms with E-state index >= 15 is 0 Å². The number of amides is 2. The van der Waals surface area contributed by atoms with E-state index in [4.69, 9.17) is 0 Å². The lowest BCUT2D eigenvalue weighted by Crippen LogP contribution is -3.28. The van der Waals surface area contributed by atoms with Crippen molar-refractivity contribution in [2.75, 3.05) is 52.1 Å². The molecule has 160 valence electrons. The van der Waals surface area contributed by atoms with Gasteiger partial charge in [0.25, 0.3) is 11.8 Å². The molecule has 2 aromatic rings. The number of piperazine rings is 1. The molecule has 6 heteroatoms. The fourth-order valence-electron chi connectivity index (χ4n) is 4.22. The van der Waals surface area contributed by atoms with E-state index in [9.17, 15) is 9.59 Å². The number of benzene rings is 2. The van der Waals surface area contributed by atoms with Crippen molar-refractivity contribution in [2.45, 2.75) is 19.4 Å². The number of nitrogens with zero attached hydrogens (tertiary/aromatic N) is 1. The SMILES string of the molecule is CCc1ccccc1NC(=O)C[NH+]1CC[NH+]([C@@H](C(=O)N(C)C)c2ccccc2)CC1. The third-order valence-corrected chi connectivity index (χ3v) is 5.91. The number of rotatable bonds is 7. The quantitative estimate of drug-likeness (QED) is 0.592. The zero-order valence-corrected chi connectivity index (χ0v) is 18.3. The normalized spacial score (nSPS) is 19.7. The Morgan fingerprint density at radius 2 is 1.60 bits per heavy atom. The number of carbonyl (C=O) groups excluding carboxylic acids is 2. The molecule has 0 aromatic heterocycles. The summed E-state index contributed by atoms with van der Waals surface area (Å²) in [6, 6.07) is 17.8. The highest BCUT2D eigenvalue weighted by Crippen LogP contribution is 2.15. The molecule has 3 N–H and O–H groups in total. The van der Waals surface area contributed by atoms with Crippen molar-refractivity contribution in [3.05, 3.63) is 65.7 Å². The molecule has 0 spiro atoms. The maximum Gasteiger partial charge on any atom is 0.285 e. The summed E-state index contributed by atoms with van der Waals surface area (Å²) in [6.45, 7) is 6.05. The molecule has 0 radical (unpaired) electrons. The third-order valence-electron chi connectivity index (χ3n) is 5.91. The van der Waals surface area contributed by atoms with Crippen molar-refractivity contribution in [2.24, 2.45) is 0 Å². The highest BCUT2D eigenvalue weighted by Gasteiger charge is 2.36. The Morgan fingerprint density at radius 3 is 2.23 bits per heavy atom. The molecular weight excluding hydrogens is 376 g/mol. The summed E-state index contributed by atoms with van der Waals surface area (Å²) >= 11 is 0. The predicted octanol–water partition coefficient (Wildman–Crippen LogP) is -0.200. The number of quaternary nitrogens is 2. The third kappa shape index (κ3) is 5.46. The number of hydrogen-bond acceptors (Lipinski definition) is 2. The molecule has 1 atom stereocenters. The number of hydrogen-bond donors (Lipinski definition) is 3.